The predicted octanol–water partition coefficient (Wildman–Crippen LogP) is 0.317. The molecule has 2 amide bonds. The third kappa shape index (κ3) is 3.65. The molecule has 2 aromatic rings. The van der Waals surface area contributed by atoms with Crippen LogP contribution in [0.4, 0.5) is 5.69 Å². The number of aromatic nitrogens is 2. The smallest absolute Gasteiger partial charge is 0.272 e. The van der Waals surface area contributed by atoms with Gasteiger partial charge in [-0.3, -0.25) is 29.4 Å². The van der Waals surface area contributed by atoms with Gasteiger partial charge in [0.25, 0.3) is 11.1 Å². The fraction of sp³-hybridized carbons (Fsp3) is 0.333. The molecular formula is C15H18N4O4. The monoisotopic (exact) mass is 318 g/mol. The van der Waals surface area contributed by atoms with E-state index in [4.69, 9.17) is 0 Å². The number of amides is 2. The van der Waals surface area contributed by atoms with Gasteiger partial charge in [-0.2, -0.15) is 0 Å². The van der Waals surface area contributed by atoms with Crippen molar-refractivity contribution in [2.24, 2.45) is 5.92 Å². The van der Waals surface area contributed by atoms with Gasteiger partial charge in [0.15, 0.2) is 0 Å². The quantitative estimate of drug-likeness (QED) is 0.633. The first-order valence-electron chi connectivity index (χ1n) is 7.25. The van der Waals surface area contributed by atoms with Crippen molar-refractivity contribution >= 4 is 28.3 Å². The number of carbonyl (C=O) groups excluding carboxylic acids is 2. The molecule has 0 aliphatic rings. The molecule has 23 heavy (non-hydrogen) atoms. The Labute approximate surface area is 131 Å². The van der Waals surface area contributed by atoms with Crippen molar-refractivity contribution in [3.05, 3.63) is 38.9 Å². The van der Waals surface area contributed by atoms with Gasteiger partial charge in [-0.15, -0.1) is 0 Å². The molecule has 0 aliphatic carbocycles. The minimum absolute atomic E-state index is 0.0952. The van der Waals surface area contributed by atoms with Gasteiger partial charge in [0.05, 0.1) is 23.0 Å². The summed E-state index contributed by atoms with van der Waals surface area (Å²) in [6.07, 6.45) is 0.676. The van der Waals surface area contributed by atoms with Gasteiger partial charge in [0.2, 0.25) is 11.8 Å². The van der Waals surface area contributed by atoms with E-state index in [1.165, 1.54) is 12.1 Å². The van der Waals surface area contributed by atoms with Gasteiger partial charge in [-0.25, -0.2) is 0 Å². The zero-order valence-electron chi connectivity index (χ0n) is 12.9. The second-order valence-electron chi connectivity index (χ2n) is 5.21. The van der Waals surface area contributed by atoms with Crippen molar-refractivity contribution in [2.75, 3.05) is 11.9 Å². The Morgan fingerprint density at radius 2 is 1.87 bits per heavy atom. The summed E-state index contributed by atoms with van der Waals surface area (Å²) in [7, 11) is 0. The Bertz CT molecular complexity index is 852. The van der Waals surface area contributed by atoms with E-state index in [9.17, 15) is 19.2 Å². The number of benzene rings is 1. The number of hydrogen-bond donors (Lipinski definition) is 4. The third-order valence-electron chi connectivity index (χ3n) is 3.58. The van der Waals surface area contributed by atoms with Gasteiger partial charge in [0.1, 0.15) is 0 Å². The lowest BCUT2D eigenvalue weighted by atomic mass is 10.1. The molecular weight excluding hydrogens is 300 g/mol. The van der Waals surface area contributed by atoms with Crippen molar-refractivity contribution in [1.29, 1.82) is 0 Å². The Morgan fingerprint density at radius 3 is 2.57 bits per heavy atom. The van der Waals surface area contributed by atoms with Gasteiger partial charge in [-0.05, 0) is 18.6 Å². The Morgan fingerprint density at radius 1 is 1.17 bits per heavy atom. The second-order valence-corrected chi connectivity index (χ2v) is 5.21. The van der Waals surface area contributed by atoms with E-state index in [-0.39, 0.29) is 34.8 Å². The molecule has 1 aromatic carbocycles. The summed E-state index contributed by atoms with van der Waals surface area (Å²) in [5.74, 6) is -0.870. The van der Waals surface area contributed by atoms with Gasteiger partial charge < -0.3 is 10.6 Å². The lowest BCUT2D eigenvalue weighted by Gasteiger charge is -2.11. The Balaban J connectivity index is 2.18. The summed E-state index contributed by atoms with van der Waals surface area (Å²) in [5.41, 5.74) is -0.752. The number of anilines is 1. The molecule has 0 saturated carbocycles. The molecule has 0 unspecified atom stereocenters. The van der Waals surface area contributed by atoms with Crippen LogP contribution in [0.25, 0.3) is 10.8 Å². The highest BCUT2D eigenvalue weighted by atomic mass is 16.2. The lowest BCUT2D eigenvalue weighted by Crippen LogP contribution is -2.36. The summed E-state index contributed by atoms with van der Waals surface area (Å²) >= 11 is 0. The summed E-state index contributed by atoms with van der Waals surface area (Å²) < 4.78 is 0. The van der Waals surface area contributed by atoms with E-state index in [0.29, 0.717) is 6.42 Å². The number of rotatable bonds is 5. The fourth-order valence-corrected chi connectivity index (χ4v) is 2.06. The maximum absolute atomic E-state index is 11.9. The molecule has 0 radical (unpaired) electrons. The van der Waals surface area contributed by atoms with Crippen molar-refractivity contribution in [3.63, 3.8) is 0 Å². The van der Waals surface area contributed by atoms with Crippen molar-refractivity contribution in [2.45, 2.75) is 20.3 Å². The average molecular weight is 318 g/mol. The Hall–Kier alpha value is -2.90. The van der Waals surface area contributed by atoms with Crippen LogP contribution in [0.3, 0.4) is 0 Å². The molecule has 1 aromatic heterocycles. The van der Waals surface area contributed by atoms with Crippen LogP contribution in [0.15, 0.2) is 27.8 Å². The molecule has 4 N–H and O–H groups in total. The molecule has 1 atom stereocenters. The molecule has 0 spiro atoms. The molecule has 0 bridgehead atoms. The van der Waals surface area contributed by atoms with E-state index in [1.54, 1.807) is 13.0 Å². The van der Waals surface area contributed by atoms with Crippen LogP contribution in [0.5, 0.6) is 0 Å². The van der Waals surface area contributed by atoms with Crippen molar-refractivity contribution in [3.8, 4) is 0 Å². The zero-order chi connectivity index (χ0) is 17.0. The molecule has 2 rings (SSSR count). The van der Waals surface area contributed by atoms with Crippen LogP contribution >= 0.6 is 0 Å². The number of hydrogen-bond acceptors (Lipinski definition) is 4. The van der Waals surface area contributed by atoms with Crippen LogP contribution in [-0.2, 0) is 9.59 Å². The molecule has 122 valence electrons. The minimum atomic E-state index is -0.515. The first-order valence-corrected chi connectivity index (χ1v) is 7.25. The maximum atomic E-state index is 11.9. The topological polar surface area (TPSA) is 124 Å². The molecule has 0 aliphatic heterocycles. The van der Waals surface area contributed by atoms with Gasteiger partial charge >= 0.3 is 0 Å². The number of fused-ring (bicyclic) bond motifs is 1. The highest BCUT2D eigenvalue weighted by molar-refractivity contribution is 6.02. The van der Waals surface area contributed by atoms with E-state index >= 15 is 0 Å². The maximum Gasteiger partial charge on any atom is 0.272 e. The molecule has 1 heterocycles. The predicted molar refractivity (Wildman–Crippen MR) is 86.3 cm³/mol. The van der Waals surface area contributed by atoms with Crippen LogP contribution < -0.4 is 21.8 Å². The summed E-state index contributed by atoms with van der Waals surface area (Å²) in [6.45, 7) is 3.44. The summed E-state index contributed by atoms with van der Waals surface area (Å²) in [4.78, 5) is 47.2. The molecule has 8 nitrogen and oxygen atoms in total. The highest BCUT2D eigenvalue weighted by Crippen LogP contribution is 2.16. The first-order chi connectivity index (χ1) is 10.9. The number of H-pyrrole nitrogens is 2. The van der Waals surface area contributed by atoms with Gasteiger partial charge in [-0.1, -0.05) is 19.9 Å². The number of nitrogens with one attached hydrogen (secondary N) is 4. The average Bonchev–Trinajstić information content (AvgIpc) is 2.55. The molecule has 8 heteroatoms. The van der Waals surface area contributed by atoms with Crippen molar-refractivity contribution in [1.82, 2.24) is 15.5 Å². The van der Waals surface area contributed by atoms with Crippen LogP contribution in [0.2, 0.25) is 0 Å². The van der Waals surface area contributed by atoms with Crippen LogP contribution in [0, 0.1) is 5.92 Å². The summed E-state index contributed by atoms with van der Waals surface area (Å²) in [5, 5.41) is 9.77. The number of carbonyl (C=O) groups is 2. The Kier molecular flexibility index (Phi) is 4.95. The van der Waals surface area contributed by atoms with E-state index in [1.807, 2.05) is 6.92 Å². The molecule has 0 fully saturated rings. The minimum Gasteiger partial charge on any atom is -0.347 e. The van der Waals surface area contributed by atoms with Gasteiger partial charge in [0, 0.05) is 5.92 Å². The van der Waals surface area contributed by atoms with E-state index < -0.39 is 17.0 Å². The normalized spacial score (nSPS) is 11.9. The zero-order valence-corrected chi connectivity index (χ0v) is 12.9. The second kappa shape index (κ2) is 6.91. The highest BCUT2D eigenvalue weighted by Gasteiger charge is 2.13. The van der Waals surface area contributed by atoms with Crippen LogP contribution in [-0.4, -0.2) is 28.6 Å². The fourth-order valence-electron chi connectivity index (χ4n) is 2.06. The first kappa shape index (κ1) is 16.5. The largest absolute Gasteiger partial charge is 0.347 e. The SMILES string of the molecule is CC[C@H](C)C(=O)NCC(=O)Nc1cccc2c(=O)[nH][nH]c(=O)c12. The standard InChI is InChI=1S/C15H18N4O4/c1-3-8(2)13(21)16-7-11(20)17-10-6-4-5-9-12(10)15(23)19-18-14(9)22/h4-6,8H,3,7H2,1-2H3,(H,16,21)(H,17,20)(H,18,22)(H,19,23)/t8-/m0/s1. The number of aromatic amines is 2. The third-order valence-corrected chi connectivity index (χ3v) is 3.58. The molecule has 0 saturated heterocycles. The lowest BCUT2D eigenvalue weighted by molar-refractivity contribution is -0.126. The van der Waals surface area contributed by atoms with E-state index in [2.05, 4.69) is 20.8 Å². The summed E-state index contributed by atoms with van der Waals surface area (Å²) in [6, 6.07) is 4.57. The van der Waals surface area contributed by atoms with Crippen molar-refractivity contribution < 1.29 is 9.59 Å². The van der Waals surface area contributed by atoms with Crippen LogP contribution in [0.1, 0.15) is 20.3 Å². The van der Waals surface area contributed by atoms with E-state index in [0.717, 1.165) is 0 Å².